The van der Waals surface area contributed by atoms with Crippen LogP contribution in [-0.4, -0.2) is 19.8 Å². The van der Waals surface area contributed by atoms with Gasteiger partial charge in [-0.2, -0.15) is 0 Å². The van der Waals surface area contributed by atoms with Crippen molar-refractivity contribution < 1.29 is 9.47 Å². The Bertz CT molecular complexity index is 356. The van der Waals surface area contributed by atoms with Crippen LogP contribution in [0.5, 0.6) is 11.5 Å². The van der Waals surface area contributed by atoms with E-state index in [4.69, 9.17) is 15.2 Å². The Morgan fingerprint density at radius 2 is 1.88 bits per heavy atom. The van der Waals surface area contributed by atoms with Gasteiger partial charge in [0.1, 0.15) is 11.5 Å². The molecule has 0 aliphatic heterocycles. The molecule has 0 fully saturated rings. The fourth-order valence-electron chi connectivity index (χ4n) is 1.81. The van der Waals surface area contributed by atoms with E-state index in [0.29, 0.717) is 0 Å². The van der Waals surface area contributed by atoms with Gasteiger partial charge in [-0.05, 0) is 56.9 Å². The van der Waals surface area contributed by atoms with E-state index >= 15 is 0 Å². The minimum atomic E-state index is -0.105. The van der Waals surface area contributed by atoms with Gasteiger partial charge in [-0.15, -0.1) is 0 Å². The summed E-state index contributed by atoms with van der Waals surface area (Å²) in [4.78, 5) is 0. The van der Waals surface area contributed by atoms with Crippen molar-refractivity contribution in [2.75, 3.05) is 14.2 Å². The third kappa shape index (κ3) is 4.65. The highest BCUT2D eigenvalue weighted by Crippen LogP contribution is 2.26. The predicted molar refractivity (Wildman–Crippen MR) is 70.8 cm³/mol. The van der Waals surface area contributed by atoms with Gasteiger partial charge in [0.25, 0.3) is 0 Å². The van der Waals surface area contributed by atoms with Gasteiger partial charge in [0.15, 0.2) is 0 Å². The van der Waals surface area contributed by atoms with Gasteiger partial charge in [0.05, 0.1) is 14.2 Å². The standard InChI is InChI=1S/C14H23NO2/c1-14(2,15)9-5-6-11-10-12(16-3)7-8-13(11)17-4/h7-8,10H,5-6,9,15H2,1-4H3. The van der Waals surface area contributed by atoms with Crippen molar-refractivity contribution in [3.8, 4) is 11.5 Å². The number of methoxy groups -OCH3 is 2. The van der Waals surface area contributed by atoms with Crippen molar-refractivity contribution in [1.29, 1.82) is 0 Å². The van der Waals surface area contributed by atoms with Crippen LogP contribution in [0.25, 0.3) is 0 Å². The number of hydrogen-bond donors (Lipinski definition) is 1. The molecule has 3 nitrogen and oxygen atoms in total. The van der Waals surface area contributed by atoms with E-state index in [1.54, 1.807) is 14.2 Å². The topological polar surface area (TPSA) is 44.5 Å². The summed E-state index contributed by atoms with van der Waals surface area (Å²) in [6.45, 7) is 4.10. The molecule has 0 saturated carbocycles. The van der Waals surface area contributed by atoms with Crippen molar-refractivity contribution in [2.24, 2.45) is 5.73 Å². The molecule has 1 rings (SSSR count). The lowest BCUT2D eigenvalue weighted by Crippen LogP contribution is -2.31. The molecule has 0 amide bonds. The molecule has 0 atom stereocenters. The predicted octanol–water partition coefficient (Wildman–Crippen LogP) is 2.76. The summed E-state index contributed by atoms with van der Waals surface area (Å²) in [7, 11) is 3.37. The first-order chi connectivity index (χ1) is 7.96. The largest absolute Gasteiger partial charge is 0.497 e. The van der Waals surface area contributed by atoms with E-state index in [0.717, 1.165) is 30.8 Å². The van der Waals surface area contributed by atoms with Gasteiger partial charge >= 0.3 is 0 Å². The molecule has 0 heterocycles. The zero-order valence-electron chi connectivity index (χ0n) is 11.2. The van der Waals surface area contributed by atoms with Gasteiger partial charge in [0, 0.05) is 5.54 Å². The highest BCUT2D eigenvalue weighted by Gasteiger charge is 2.11. The molecular weight excluding hydrogens is 214 g/mol. The lowest BCUT2D eigenvalue weighted by Gasteiger charge is -2.18. The monoisotopic (exact) mass is 237 g/mol. The van der Waals surface area contributed by atoms with Crippen LogP contribution in [0.4, 0.5) is 0 Å². The fraction of sp³-hybridized carbons (Fsp3) is 0.571. The Morgan fingerprint density at radius 3 is 2.41 bits per heavy atom. The Kier molecular flexibility index (Phi) is 4.82. The number of nitrogens with two attached hydrogens (primary N) is 1. The molecule has 0 unspecified atom stereocenters. The van der Waals surface area contributed by atoms with E-state index in [2.05, 4.69) is 13.8 Å². The average Bonchev–Trinajstić information content (AvgIpc) is 2.27. The summed E-state index contributed by atoms with van der Waals surface area (Å²) in [6.07, 6.45) is 3.00. The Labute approximate surface area is 104 Å². The number of ether oxygens (including phenoxy) is 2. The maximum absolute atomic E-state index is 5.97. The maximum atomic E-state index is 5.97. The van der Waals surface area contributed by atoms with E-state index in [1.807, 2.05) is 18.2 Å². The summed E-state index contributed by atoms with van der Waals surface area (Å²) < 4.78 is 10.6. The fourth-order valence-corrected chi connectivity index (χ4v) is 1.81. The first kappa shape index (κ1) is 13.8. The summed E-state index contributed by atoms with van der Waals surface area (Å²) in [5.41, 5.74) is 7.04. The van der Waals surface area contributed by atoms with Crippen LogP contribution in [0.2, 0.25) is 0 Å². The van der Waals surface area contributed by atoms with Crippen molar-refractivity contribution in [3.63, 3.8) is 0 Å². The molecule has 0 radical (unpaired) electrons. The summed E-state index contributed by atoms with van der Waals surface area (Å²) >= 11 is 0. The van der Waals surface area contributed by atoms with Gasteiger partial charge in [0.2, 0.25) is 0 Å². The van der Waals surface area contributed by atoms with Gasteiger partial charge < -0.3 is 15.2 Å². The molecule has 96 valence electrons. The molecule has 3 heteroatoms. The van der Waals surface area contributed by atoms with Crippen molar-refractivity contribution in [3.05, 3.63) is 23.8 Å². The van der Waals surface area contributed by atoms with Crippen LogP contribution >= 0.6 is 0 Å². The molecule has 0 aliphatic rings. The lowest BCUT2D eigenvalue weighted by atomic mass is 9.96. The first-order valence-electron chi connectivity index (χ1n) is 5.96. The van der Waals surface area contributed by atoms with Gasteiger partial charge in [-0.3, -0.25) is 0 Å². The molecule has 0 saturated heterocycles. The van der Waals surface area contributed by atoms with Crippen molar-refractivity contribution in [2.45, 2.75) is 38.6 Å². The summed E-state index contributed by atoms with van der Waals surface area (Å²) in [5.74, 6) is 1.79. The molecule has 0 bridgehead atoms. The average molecular weight is 237 g/mol. The summed E-state index contributed by atoms with van der Waals surface area (Å²) in [5, 5.41) is 0. The quantitative estimate of drug-likeness (QED) is 0.827. The Hall–Kier alpha value is -1.22. The van der Waals surface area contributed by atoms with Crippen molar-refractivity contribution >= 4 is 0 Å². The second kappa shape index (κ2) is 5.92. The Balaban J connectivity index is 2.68. The second-order valence-corrected chi connectivity index (χ2v) is 5.02. The summed E-state index contributed by atoms with van der Waals surface area (Å²) in [6, 6.07) is 5.89. The van der Waals surface area contributed by atoms with Gasteiger partial charge in [-0.1, -0.05) is 0 Å². The number of benzene rings is 1. The zero-order valence-corrected chi connectivity index (χ0v) is 11.2. The smallest absolute Gasteiger partial charge is 0.122 e. The molecule has 1 aromatic rings. The zero-order chi connectivity index (χ0) is 12.9. The van der Waals surface area contributed by atoms with Gasteiger partial charge in [-0.25, -0.2) is 0 Å². The molecule has 0 spiro atoms. The van der Waals surface area contributed by atoms with E-state index in [-0.39, 0.29) is 5.54 Å². The molecule has 17 heavy (non-hydrogen) atoms. The number of aryl methyl sites for hydroxylation is 1. The third-order valence-electron chi connectivity index (χ3n) is 2.75. The third-order valence-corrected chi connectivity index (χ3v) is 2.75. The van der Waals surface area contributed by atoms with E-state index < -0.39 is 0 Å². The lowest BCUT2D eigenvalue weighted by molar-refractivity contribution is 0.396. The van der Waals surface area contributed by atoms with Crippen LogP contribution in [-0.2, 0) is 6.42 Å². The van der Waals surface area contributed by atoms with Crippen LogP contribution in [0.3, 0.4) is 0 Å². The van der Waals surface area contributed by atoms with Crippen molar-refractivity contribution in [1.82, 2.24) is 0 Å². The highest BCUT2D eigenvalue weighted by atomic mass is 16.5. The van der Waals surface area contributed by atoms with Crippen LogP contribution in [0.1, 0.15) is 32.3 Å². The first-order valence-corrected chi connectivity index (χ1v) is 5.96. The minimum absolute atomic E-state index is 0.105. The van der Waals surface area contributed by atoms with E-state index in [1.165, 1.54) is 5.56 Å². The highest BCUT2D eigenvalue weighted by molar-refractivity contribution is 5.40. The Morgan fingerprint density at radius 1 is 1.18 bits per heavy atom. The normalized spacial score (nSPS) is 11.4. The van der Waals surface area contributed by atoms with Crippen LogP contribution < -0.4 is 15.2 Å². The van der Waals surface area contributed by atoms with Crippen LogP contribution in [0.15, 0.2) is 18.2 Å². The number of rotatable bonds is 6. The maximum Gasteiger partial charge on any atom is 0.122 e. The second-order valence-electron chi connectivity index (χ2n) is 5.02. The van der Waals surface area contributed by atoms with E-state index in [9.17, 15) is 0 Å². The molecule has 0 aliphatic carbocycles. The SMILES string of the molecule is COc1ccc(OC)c(CCCC(C)(C)N)c1. The molecule has 1 aromatic carbocycles. The van der Waals surface area contributed by atoms with Crippen LogP contribution in [0, 0.1) is 0 Å². The number of hydrogen-bond acceptors (Lipinski definition) is 3. The molecule has 0 aromatic heterocycles. The molecular formula is C14H23NO2. The molecule has 2 N–H and O–H groups in total. The minimum Gasteiger partial charge on any atom is -0.497 e.